The van der Waals surface area contributed by atoms with Gasteiger partial charge in [-0.25, -0.2) is 4.68 Å². The average molecular weight is 182 g/mol. The van der Waals surface area contributed by atoms with E-state index in [1.54, 1.807) is 6.92 Å². The van der Waals surface area contributed by atoms with Gasteiger partial charge in [-0.3, -0.25) is 5.41 Å². The van der Waals surface area contributed by atoms with Gasteiger partial charge in [0.05, 0.1) is 6.07 Å². The Bertz CT molecular complexity index is 356. The Kier molecular flexibility index (Phi) is 2.61. The molecule has 0 aliphatic rings. The van der Waals surface area contributed by atoms with Gasteiger partial charge >= 0.3 is 0 Å². The van der Waals surface area contributed by atoms with Gasteiger partial charge in [0.1, 0.15) is 11.0 Å². The predicted molar refractivity (Wildman–Crippen MR) is 45.7 cm³/mol. The third kappa shape index (κ3) is 1.53. The minimum absolute atomic E-state index is 0.339. The molecule has 1 aromatic heterocycles. The number of nitriles is 1. The summed E-state index contributed by atoms with van der Waals surface area (Å²) in [4.78, 5) is 0.348. The number of rotatable bonds is 2. The monoisotopic (exact) mass is 182 g/mol. The maximum absolute atomic E-state index is 8.61. The molecule has 0 spiro atoms. The average Bonchev–Trinajstić information content (AvgIpc) is 2.45. The van der Waals surface area contributed by atoms with Crippen molar-refractivity contribution in [3.05, 3.63) is 9.81 Å². The van der Waals surface area contributed by atoms with Crippen molar-refractivity contribution in [2.75, 3.05) is 0 Å². The molecular weight excluding hydrogens is 172 g/mol. The Morgan fingerprint density at radius 2 is 2.50 bits per heavy atom. The molecule has 0 amide bonds. The molecule has 1 aromatic rings. The minimum atomic E-state index is -0.339. The Morgan fingerprint density at radius 3 is 2.92 bits per heavy atom. The molecule has 0 bridgehead atoms. The summed E-state index contributed by atoms with van der Waals surface area (Å²) in [5.41, 5.74) is 0. The summed E-state index contributed by atoms with van der Waals surface area (Å²) in [7, 11) is 0. The van der Waals surface area contributed by atoms with Crippen LogP contribution in [0.5, 0.6) is 0 Å². The Balaban J connectivity index is 3.10. The molecule has 0 saturated carbocycles. The summed E-state index contributed by atoms with van der Waals surface area (Å²) in [5.74, 6) is 0. The van der Waals surface area contributed by atoms with E-state index in [0.717, 1.165) is 11.4 Å². The van der Waals surface area contributed by atoms with E-state index < -0.39 is 0 Å². The van der Waals surface area contributed by atoms with Crippen LogP contribution in [-0.2, 0) is 6.42 Å². The summed E-state index contributed by atoms with van der Waals surface area (Å²) in [6, 6.07) is 1.71. The minimum Gasteiger partial charge on any atom is -0.274 e. The van der Waals surface area contributed by atoms with Gasteiger partial charge in [0, 0.05) is 0 Å². The highest BCUT2D eigenvalue weighted by molar-refractivity contribution is 7.08. The maximum atomic E-state index is 8.61. The van der Waals surface area contributed by atoms with Gasteiger partial charge in [-0.2, -0.15) is 10.4 Å². The van der Waals surface area contributed by atoms with Crippen LogP contribution in [0.3, 0.4) is 0 Å². The zero-order chi connectivity index (χ0) is 9.14. The number of hydrogen-bond donors (Lipinski definition) is 1. The highest BCUT2D eigenvalue weighted by Gasteiger charge is 2.07. The van der Waals surface area contributed by atoms with Crippen LogP contribution in [-0.4, -0.2) is 9.78 Å². The van der Waals surface area contributed by atoms with Crippen molar-refractivity contribution in [3.8, 4) is 6.07 Å². The summed E-state index contributed by atoms with van der Waals surface area (Å²) < 4.78 is 1.45. The van der Waals surface area contributed by atoms with Gasteiger partial charge in [-0.1, -0.05) is 18.3 Å². The van der Waals surface area contributed by atoms with E-state index >= 15 is 0 Å². The molecule has 0 saturated heterocycles. The van der Waals surface area contributed by atoms with Crippen LogP contribution in [0, 0.1) is 16.7 Å². The van der Waals surface area contributed by atoms with Crippen LogP contribution in [0.25, 0.3) is 0 Å². The summed E-state index contributed by atoms with van der Waals surface area (Å²) in [6.07, 6.45) is 0.821. The first-order valence-electron chi connectivity index (χ1n) is 3.71. The lowest BCUT2D eigenvalue weighted by atomic mass is 10.4. The molecule has 5 heteroatoms. The van der Waals surface area contributed by atoms with E-state index in [-0.39, 0.29) is 6.04 Å². The molecule has 1 unspecified atom stereocenters. The molecule has 12 heavy (non-hydrogen) atoms. The SMILES string of the molecule is CCc1nn(C(C)C#N)c(=N)s1. The van der Waals surface area contributed by atoms with Gasteiger partial charge in [0.2, 0.25) is 4.80 Å². The van der Waals surface area contributed by atoms with Crippen LogP contribution in [0.1, 0.15) is 24.9 Å². The highest BCUT2D eigenvalue weighted by atomic mass is 32.1. The van der Waals surface area contributed by atoms with E-state index in [9.17, 15) is 0 Å². The van der Waals surface area contributed by atoms with Gasteiger partial charge < -0.3 is 0 Å². The van der Waals surface area contributed by atoms with E-state index in [4.69, 9.17) is 10.7 Å². The zero-order valence-corrected chi connectivity index (χ0v) is 7.85. The number of aromatic nitrogens is 2. The van der Waals surface area contributed by atoms with E-state index in [1.807, 2.05) is 13.0 Å². The normalized spacial score (nSPS) is 12.4. The fourth-order valence-corrected chi connectivity index (χ4v) is 1.59. The van der Waals surface area contributed by atoms with Crippen LogP contribution >= 0.6 is 11.3 Å². The van der Waals surface area contributed by atoms with E-state index in [0.29, 0.717) is 4.80 Å². The molecule has 0 aromatic carbocycles. The summed E-state index contributed by atoms with van der Waals surface area (Å²) in [5, 5.41) is 21.1. The van der Waals surface area contributed by atoms with Crippen LogP contribution in [0.15, 0.2) is 0 Å². The lowest BCUT2D eigenvalue weighted by Gasteiger charge is -1.99. The second-order valence-corrected chi connectivity index (χ2v) is 3.47. The first-order valence-corrected chi connectivity index (χ1v) is 4.53. The van der Waals surface area contributed by atoms with Crippen LogP contribution in [0.2, 0.25) is 0 Å². The Morgan fingerprint density at radius 1 is 1.83 bits per heavy atom. The molecule has 0 aliphatic carbocycles. The number of aryl methyl sites for hydroxylation is 1. The number of nitrogens with zero attached hydrogens (tertiary/aromatic N) is 3. The van der Waals surface area contributed by atoms with Crippen LogP contribution in [0.4, 0.5) is 0 Å². The lowest BCUT2D eigenvalue weighted by molar-refractivity contribution is 0.556. The van der Waals surface area contributed by atoms with Crippen molar-refractivity contribution < 1.29 is 0 Å². The van der Waals surface area contributed by atoms with Gasteiger partial charge in [0.25, 0.3) is 0 Å². The van der Waals surface area contributed by atoms with Crippen molar-refractivity contribution in [1.82, 2.24) is 9.78 Å². The maximum Gasteiger partial charge on any atom is 0.201 e. The fraction of sp³-hybridized carbons (Fsp3) is 0.571. The highest BCUT2D eigenvalue weighted by Crippen LogP contribution is 2.04. The molecule has 0 aliphatic heterocycles. The Labute approximate surface area is 74.6 Å². The van der Waals surface area contributed by atoms with Gasteiger partial charge in [-0.15, -0.1) is 0 Å². The predicted octanol–water partition coefficient (Wildman–Crippen LogP) is 1.07. The standard InChI is InChI=1S/C7H10N4S/c1-3-6-10-11(5(2)4-8)7(9)12-6/h5,9H,3H2,1-2H3. The molecule has 1 heterocycles. The molecule has 0 fully saturated rings. The largest absolute Gasteiger partial charge is 0.274 e. The van der Waals surface area contributed by atoms with Crippen molar-refractivity contribution >= 4 is 11.3 Å². The smallest absolute Gasteiger partial charge is 0.201 e. The molecule has 0 radical (unpaired) electrons. The zero-order valence-electron chi connectivity index (χ0n) is 7.03. The molecule has 1 N–H and O–H groups in total. The van der Waals surface area contributed by atoms with E-state index in [2.05, 4.69) is 5.10 Å². The van der Waals surface area contributed by atoms with Gasteiger partial charge in [0.15, 0.2) is 0 Å². The Hall–Kier alpha value is -1.15. The lowest BCUT2D eigenvalue weighted by Crippen LogP contribution is -2.17. The molecule has 1 atom stereocenters. The van der Waals surface area contributed by atoms with Crippen molar-refractivity contribution in [1.29, 1.82) is 10.7 Å². The van der Waals surface area contributed by atoms with Gasteiger partial charge in [-0.05, 0) is 13.3 Å². The second kappa shape index (κ2) is 3.50. The third-order valence-corrected chi connectivity index (χ3v) is 2.48. The molecule has 4 nitrogen and oxygen atoms in total. The summed E-state index contributed by atoms with van der Waals surface area (Å²) >= 11 is 1.33. The summed E-state index contributed by atoms with van der Waals surface area (Å²) in [6.45, 7) is 3.72. The fourth-order valence-electron chi connectivity index (χ4n) is 0.804. The second-order valence-electron chi connectivity index (χ2n) is 2.40. The molecule has 1 rings (SSSR count). The third-order valence-electron chi connectivity index (χ3n) is 1.50. The number of hydrogen-bond acceptors (Lipinski definition) is 4. The van der Waals surface area contributed by atoms with E-state index in [1.165, 1.54) is 16.0 Å². The first kappa shape index (κ1) is 8.94. The van der Waals surface area contributed by atoms with Crippen LogP contribution < -0.4 is 4.80 Å². The number of nitrogens with one attached hydrogen (secondary N) is 1. The first-order chi connectivity index (χ1) is 5.69. The van der Waals surface area contributed by atoms with Crippen molar-refractivity contribution in [2.24, 2.45) is 0 Å². The molecular formula is C7H10N4S. The van der Waals surface area contributed by atoms with Crippen molar-refractivity contribution in [3.63, 3.8) is 0 Å². The molecule has 64 valence electrons. The topological polar surface area (TPSA) is 65.5 Å². The quantitative estimate of drug-likeness (QED) is 0.743. The van der Waals surface area contributed by atoms with Crippen molar-refractivity contribution in [2.45, 2.75) is 26.3 Å².